The second kappa shape index (κ2) is 9.40. The van der Waals surface area contributed by atoms with Gasteiger partial charge in [0.2, 0.25) is 0 Å². The number of benzene rings is 1. The van der Waals surface area contributed by atoms with Crippen molar-refractivity contribution >= 4 is 0 Å². The first-order chi connectivity index (χ1) is 11.0. The summed E-state index contributed by atoms with van der Waals surface area (Å²) in [4.78, 5) is 3.67. The van der Waals surface area contributed by atoms with E-state index in [0.717, 1.165) is 25.3 Å². The molecule has 3 rings (SSSR count). The van der Waals surface area contributed by atoms with Crippen LogP contribution in [0, 0.1) is 13.0 Å². The van der Waals surface area contributed by atoms with E-state index in [4.69, 9.17) is 5.11 Å². The summed E-state index contributed by atoms with van der Waals surface area (Å²) in [5, 5.41) is 20.5. The number of rotatable bonds is 2. The van der Waals surface area contributed by atoms with Gasteiger partial charge in [-0.25, -0.2) is 0 Å². The number of aromatic nitrogens is 4. The summed E-state index contributed by atoms with van der Waals surface area (Å²) < 4.78 is 0. The Hall–Kier alpha value is -1.10. The standard InChI is InChI=1S/C15H20N5.C2H6O.W/c1-12-11-19(2)10-9-15(12,13-7-5-4-6-8-13)14-16-18-20(3)17-14;1-2-3;/h4-8,12H,2,9-11H2,1,3H3;3H,2H2,1H3;/q-1;;. The van der Waals surface area contributed by atoms with Crippen LogP contribution in [0.1, 0.15) is 31.7 Å². The summed E-state index contributed by atoms with van der Waals surface area (Å²) in [6.07, 6.45) is 0.966. The van der Waals surface area contributed by atoms with Crippen LogP contribution in [-0.4, -0.2) is 49.9 Å². The molecule has 2 unspecified atom stereocenters. The minimum absolute atomic E-state index is 0. The molecule has 1 N–H and O–H groups in total. The van der Waals surface area contributed by atoms with E-state index >= 15 is 0 Å². The maximum absolute atomic E-state index is 7.57. The fourth-order valence-electron chi connectivity index (χ4n) is 3.30. The summed E-state index contributed by atoms with van der Waals surface area (Å²) in [7, 11) is 5.89. The zero-order valence-electron chi connectivity index (χ0n) is 14.6. The van der Waals surface area contributed by atoms with Gasteiger partial charge in [-0.05, 0) is 43.1 Å². The van der Waals surface area contributed by atoms with Crippen molar-refractivity contribution in [3.63, 3.8) is 0 Å². The van der Waals surface area contributed by atoms with Gasteiger partial charge in [-0.2, -0.15) is 4.80 Å². The summed E-state index contributed by atoms with van der Waals surface area (Å²) in [6, 6.07) is 10.5. The maximum Gasteiger partial charge on any atom is 0.185 e. The van der Waals surface area contributed by atoms with E-state index in [1.165, 1.54) is 5.56 Å². The molecule has 2 aromatic rings. The van der Waals surface area contributed by atoms with Crippen LogP contribution in [0.4, 0.5) is 0 Å². The van der Waals surface area contributed by atoms with Crippen LogP contribution < -0.4 is 0 Å². The Kier molecular flexibility index (Phi) is 8.20. The average molecular weight is 500 g/mol. The van der Waals surface area contributed by atoms with Gasteiger partial charge in [-0.3, -0.25) is 7.05 Å². The molecule has 0 spiro atoms. The molecule has 1 saturated heterocycles. The topological polar surface area (TPSA) is 67.1 Å². The van der Waals surface area contributed by atoms with Crippen molar-refractivity contribution < 1.29 is 26.2 Å². The van der Waals surface area contributed by atoms with Gasteiger partial charge in [-0.1, -0.05) is 37.3 Å². The molecule has 1 aliphatic heterocycles. The zero-order chi connectivity index (χ0) is 16.9. The molecule has 24 heavy (non-hydrogen) atoms. The van der Waals surface area contributed by atoms with Gasteiger partial charge in [-0.15, -0.1) is 10.2 Å². The molecule has 7 heteroatoms. The number of hydrogen-bond acceptors (Lipinski definition) is 5. The molecule has 2 heterocycles. The molecule has 0 aliphatic carbocycles. The number of tetrazole rings is 1. The normalized spacial score (nSPS) is 23.8. The van der Waals surface area contributed by atoms with Gasteiger partial charge in [0.1, 0.15) is 0 Å². The van der Waals surface area contributed by atoms with Crippen molar-refractivity contribution in [2.75, 3.05) is 19.7 Å². The van der Waals surface area contributed by atoms with Crippen molar-refractivity contribution in [1.82, 2.24) is 25.1 Å². The van der Waals surface area contributed by atoms with E-state index in [-0.39, 0.29) is 33.1 Å². The number of nitrogens with zero attached hydrogens (tertiary/aromatic N) is 5. The predicted molar refractivity (Wildman–Crippen MR) is 89.5 cm³/mol. The fraction of sp³-hybridized carbons (Fsp3) is 0.529. The minimum Gasteiger partial charge on any atom is -0.459 e. The van der Waals surface area contributed by atoms with Crippen molar-refractivity contribution in [2.24, 2.45) is 13.0 Å². The molecule has 1 aromatic heterocycles. The number of aliphatic hydroxyl groups is 1. The van der Waals surface area contributed by atoms with Gasteiger partial charge in [0.15, 0.2) is 5.82 Å². The van der Waals surface area contributed by atoms with Crippen LogP contribution in [0.3, 0.4) is 0 Å². The van der Waals surface area contributed by atoms with Gasteiger partial charge < -0.3 is 10.0 Å². The first kappa shape index (κ1) is 20.9. The van der Waals surface area contributed by atoms with E-state index in [2.05, 4.69) is 58.5 Å². The minimum atomic E-state index is -0.163. The maximum atomic E-state index is 7.57. The quantitative estimate of drug-likeness (QED) is 0.636. The molecule has 1 aliphatic rings. The van der Waals surface area contributed by atoms with Crippen LogP contribution in [0.5, 0.6) is 0 Å². The molecule has 0 saturated carbocycles. The van der Waals surface area contributed by atoms with Crippen molar-refractivity contribution in [3.8, 4) is 0 Å². The van der Waals surface area contributed by atoms with Gasteiger partial charge in [0, 0.05) is 27.7 Å². The Morgan fingerprint density at radius 2 is 1.96 bits per heavy atom. The molecule has 1 aromatic carbocycles. The van der Waals surface area contributed by atoms with Crippen molar-refractivity contribution in [2.45, 2.75) is 25.7 Å². The molecule has 1 fully saturated rings. The molecule has 6 nitrogen and oxygen atoms in total. The van der Waals surface area contributed by atoms with E-state index in [9.17, 15) is 0 Å². The predicted octanol–water partition coefficient (Wildman–Crippen LogP) is 1.63. The second-order valence-electron chi connectivity index (χ2n) is 5.98. The number of piperidine rings is 1. The zero-order valence-corrected chi connectivity index (χ0v) is 17.5. The van der Waals surface area contributed by atoms with Crippen molar-refractivity contribution in [3.05, 3.63) is 48.8 Å². The van der Waals surface area contributed by atoms with Gasteiger partial charge >= 0.3 is 0 Å². The summed E-state index contributed by atoms with van der Waals surface area (Å²) >= 11 is 0. The third kappa shape index (κ3) is 4.29. The molecule has 0 amide bonds. The first-order valence-electron chi connectivity index (χ1n) is 8.00. The Labute approximate surface area is 158 Å². The molecule has 0 bridgehead atoms. The number of aryl methyl sites for hydroxylation is 1. The Morgan fingerprint density at radius 1 is 1.33 bits per heavy atom. The van der Waals surface area contributed by atoms with Crippen LogP contribution in [-0.2, 0) is 33.5 Å². The summed E-state index contributed by atoms with van der Waals surface area (Å²) in [6.45, 7) is 6.06. The fourth-order valence-corrected chi connectivity index (χ4v) is 3.30. The number of hydrogen-bond donors (Lipinski definition) is 1. The monoisotopic (exact) mass is 500 g/mol. The van der Waals surface area contributed by atoms with E-state index < -0.39 is 0 Å². The molecule has 2 atom stereocenters. The van der Waals surface area contributed by atoms with Gasteiger partial charge in [0.25, 0.3) is 0 Å². The SMILES string of the molecule is CCO.[CH2-]N1CCC(c2ccccc2)(c2nnn(C)n2)C(C)C1.[W]. The van der Waals surface area contributed by atoms with E-state index in [1.807, 2.05) is 13.1 Å². The second-order valence-corrected chi connectivity index (χ2v) is 5.98. The van der Waals surface area contributed by atoms with Crippen LogP contribution in [0.15, 0.2) is 30.3 Å². The Bertz CT molecular complexity index is 606. The average Bonchev–Trinajstić information content (AvgIpc) is 2.96. The summed E-state index contributed by atoms with van der Waals surface area (Å²) in [5.74, 6) is 1.21. The Balaban J connectivity index is 0.000000671. The number of likely N-dealkylation sites (tertiary alicyclic amines) is 1. The largest absolute Gasteiger partial charge is 0.459 e. The molecule has 132 valence electrons. The third-order valence-electron chi connectivity index (χ3n) is 4.39. The van der Waals surface area contributed by atoms with E-state index in [0.29, 0.717) is 5.92 Å². The number of aliphatic hydroxyl groups excluding tert-OH is 1. The van der Waals surface area contributed by atoms with Crippen LogP contribution >= 0.6 is 0 Å². The van der Waals surface area contributed by atoms with Crippen LogP contribution in [0.25, 0.3) is 0 Å². The molecular weight excluding hydrogens is 474 g/mol. The third-order valence-corrected chi connectivity index (χ3v) is 4.39. The molecular formula is C17H26N5OW-. The van der Waals surface area contributed by atoms with Crippen LogP contribution in [0.2, 0.25) is 0 Å². The van der Waals surface area contributed by atoms with Crippen molar-refractivity contribution in [1.29, 1.82) is 0 Å². The Morgan fingerprint density at radius 3 is 2.46 bits per heavy atom. The van der Waals surface area contributed by atoms with Gasteiger partial charge in [0.05, 0.1) is 12.5 Å². The molecule has 0 radical (unpaired) electrons. The van der Waals surface area contributed by atoms with E-state index in [1.54, 1.807) is 11.7 Å². The summed E-state index contributed by atoms with van der Waals surface area (Å²) in [5.41, 5.74) is 1.11. The first-order valence-corrected chi connectivity index (χ1v) is 8.00. The smallest absolute Gasteiger partial charge is 0.185 e.